The molecule has 0 aromatic heterocycles. The normalized spacial score (nSPS) is 17.1. The zero-order valence-electron chi connectivity index (χ0n) is 26.2. The van der Waals surface area contributed by atoms with Crippen molar-refractivity contribution < 1.29 is 24.2 Å². The lowest BCUT2D eigenvalue weighted by molar-refractivity contribution is -0.147. The molecule has 3 amide bonds. The number of carbonyl (C=O) groups is 3. The fraction of sp³-hybridized carbons (Fsp3) is 0.382. The van der Waals surface area contributed by atoms with Crippen molar-refractivity contribution in [2.75, 3.05) is 11.6 Å². The maximum atomic E-state index is 14.0. The number of hydrogen-bond donors (Lipinski definition) is 4. The highest BCUT2D eigenvalue weighted by Crippen LogP contribution is 2.40. The van der Waals surface area contributed by atoms with Crippen LogP contribution in [0.1, 0.15) is 54.7 Å². The highest BCUT2D eigenvalue weighted by Gasteiger charge is 2.49. The number of nitrogens with zero attached hydrogens (tertiary/aromatic N) is 1. The first-order valence-electron chi connectivity index (χ1n) is 14.8. The minimum absolute atomic E-state index is 0.00479. The van der Waals surface area contributed by atoms with E-state index in [2.05, 4.69) is 10.6 Å². The van der Waals surface area contributed by atoms with Crippen LogP contribution in [0.25, 0.3) is 0 Å². The molecule has 0 spiro atoms. The van der Waals surface area contributed by atoms with E-state index in [1.54, 1.807) is 24.3 Å². The molecule has 0 saturated carbocycles. The lowest BCUT2D eigenvalue weighted by atomic mass is 9.96. The van der Waals surface area contributed by atoms with Gasteiger partial charge in [-0.1, -0.05) is 54.1 Å². The third-order valence-electron chi connectivity index (χ3n) is 7.77. The number of hydrogen-bond acceptors (Lipinski definition) is 7. The first kappa shape index (κ1) is 34.1. The van der Waals surface area contributed by atoms with E-state index in [0.717, 1.165) is 16.7 Å². The van der Waals surface area contributed by atoms with Gasteiger partial charge >= 0.3 is 0 Å². The van der Waals surface area contributed by atoms with Gasteiger partial charge < -0.3 is 31.1 Å². The lowest BCUT2D eigenvalue weighted by Crippen LogP contribution is -2.58. The summed E-state index contributed by atoms with van der Waals surface area (Å²) in [5.41, 5.74) is 9.04. The monoisotopic (exact) mass is 652 g/mol. The van der Waals surface area contributed by atoms with E-state index < -0.39 is 34.7 Å². The maximum absolute atomic E-state index is 14.0. The highest BCUT2D eigenvalue weighted by atomic mass is 35.5. The number of nitrogens with two attached hydrogens (primary N) is 1. The molecule has 0 radical (unpaired) electrons. The predicted molar refractivity (Wildman–Crippen MR) is 179 cm³/mol. The van der Waals surface area contributed by atoms with Crippen LogP contribution in [0, 0.1) is 6.92 Å². The van der Waals surface area contributed by atoms with Gasteiger partial charge in [0.15, 0.2) is 6.10 Å². The molecule has 0 bridgehead atoms. The van der Waals surface area contributed by atoms with E-state index in [9.17, 15) is 19.5 Å². The van der Waals surface area contributed by atoms with Crippen LogP contribution in [0.4, 0.5) is 5.69 Å². The number of aliphatic hydroxyl groups excluding tert-OH is 1. The van der Waals surface area contributed by atoms with Gasteiger partial charge in [0.2, 0.25) is 5.91 Å². The number of rotatable bonds is 11. The van der Waals surface area contributed by atoms with Gasteiger partial charge in [0, 0.05) is 11.3 Å². The van der Waals surface area contributed by atoms with Crippen molar-refractivity contribution in [2.24, 2.45) is 0 Å². The Kier molecular flexibility index (Phi) is 11.1. The van der Waals surface area contributed by atoms with Crippen LogP contribution in [0.5, 0.6) is 5.75 Å². The number of ether oxygens (including phenoxy) is 1. The number of aryl methyl sites for hydroxylation is 1. The van der Waals surface area contributed by atoms with E-state index >= 15 is 0 Å². The highest BCUT2D eigenvalue weighted by molar-refractivity contribution is 8.00. The largest absolute Gasteiger partial charge is 0.491 e. The third-order valence-corrected chi connectivity index (χ3v) is 9.56. The Labute approximate surface area is 273 Å². The molecule has 1 fully saturated rings. The van der Waals surface area contributed by atoms with Gasteiger partial charge in [0.05, 0.1) is 34.3 Å². The molecule has 0 unspecified atom stereocenters. The second-order valence-electron chi connectivity index (χ2n) is 12.0. The van der Waals surface area contributed by atoms with Crippen molar-refractivity contribution in [3.63, 3.8) is 0 Å². The van der Waals surface area contributed by atoms with E-state index in [0.29, 0.717) is 12.3 Å². The van der Waals surface area contributed by atoms with Crippen LogP contribution in [0.2, 0.25) is 5.02 Å². The standard InChI is InChI=1S/C34H41ClN4O5S/c1-20(2)44-24-15-13-22(14-16-24)17-27(38-31(41)25-11-8-12-26(36)28(25)35)29(40)33(43)39-19-45-34(4,5)30(39)32(42)37-18-23-10-7-6-9-21(23)3/h6-16,20,27,29-30,40H,17-19,36H2,1-5H3,(H,37,42)(H,38,41)/t27-,29-,30+/m0/s1. The summed E-state index contributed by atoms with van der Waals surface area (Å²) in [5.74, 6) is -0.690. The number of thioether (sulfide) groups is 1. The molecular formula is C34H41ClN4O5S. The second kappa shape index (κ2) is 14.6. The van der Waals surface area contributed by atoms with E-state index in [1.807, 2.05) is 71.0 Å². The van der Waals surface area contributed by atoms with Gasteiger partial charge in [-0.25, -0.2) is 0 Å². The zero-order chi connectivity index (χ0) is 32.9. The number of carbonyl (C=O) groups excluding carboxylic acids is 3. The molecule has 1 heterocycles. The van der Waals surface area contributed by atoms with Crippen LogP contribution < -0.4 is 21.1 Å². The van der Waals surface area contributed by atoms with Crippen LogP contribution in [0.3, 0.4) is 0 Å². The number of anilines is 1. The Morgan fingerprint density at radius 2 is 1.78 bits per heavy atom. The van der Waals surface area contributed by atoms with Gasteiger partial charge in [-0.15, -0.1) is 11.8 Å². The van der Waals surface area contributed by atoms with Crippen molar-refractivity contribution in [2.45, 2.75) is 76.6 Å². The Morgan fingerprint density at radius 3 is 2.44 bits per heavy atom. The summed E-state index contributed by atoms with van der Waals surface area (Å²) in [4.78, 5) is 42.4. The summed E-state index contributed by atoms with van der Waals surface area (Å²) < 4.78 is 5.12. The Morgan fingerprint density at radius 1 is 1.09 bits per heavy atom. The number of nitrogen functional groups attached to an aromatic ring is 1. The molecule has 0 aliphatic carbocycles. The van der Waals surface area contributed by atoms with Gasteiger partial charge in [-0.3, -0.25) is 14.4 Å². The number of aliphatic hydroxyl groups is 1. The summed E-state index contributed by atoms with van der Waals surface area (Å²) in [6.45, 7) is 9.94. The predicted octanol–water partition coefficient (Wildman–Crippen LogP) is 4.72. The zero-order valence-corrected chi connectivity index (χ0v) is 27.7. The van der Waals surface area contributed by atoms with Crippen LogP contribution in [-0.4, -0.2) is 62.6 Å². The van der Waals surface area contributed by atoms with Crippen molar-refractivity contribution in [3.8, 4) is 5.75 Å². The summed E-state index contributed by atoms with van der Waals surface area (Å²) in [7, 11) is 0. The Balaban J connectivity index is 1.58. The number of halogens is 1. The average molecular weight is 653 g/mol. The van der Waals surface area contributed by atoms with Gasteiger partial charge in [-0.2, -0.15) is 0 Å². The fourth-order valence-electron chi connectivity index (χ4n) is 5.29. The molecule has 240 valence electrons. The Bertz CT molecular complexity index is 1530. The fourth-order valence-corrected chi connectivity index (χ4v) is 6.64. The molecule has 9 nitrogen and oxygen atoms in total. The molecule has 3 aromatic carbocycles. The molecule has 4 rings (SSSR count). The van der Waals surface area contributed by atoms with Gasteiger partial charge in [0.1, 0.15) is 11.8 Å². The van der Waals surface area contributed by atoms with Crippen molar-refractivity contribution in [3.05, 3.63) is 94.0 Å². The van der Waals surface area contributed by atoms with E-state index in [1.165, 1.54) is 22.7 Å². The van der Waals surface area contributed by atoms with Crippen LogP contribution in [0.15, 0.2) is 66.7 Å². The molecule has 1 saturated heterocycles. The van der Waals surface area contributed by atoms with Crippen molar-refractivity contribution >= 4 is 46.8 Å². The molecule has 45 heavy (non-hydrogen) atoms. The van der Waals surface area contributed by atoms with Gasteiger partial charge in [0.25, 0.3) is 11.8 Å². The topological polar surface area (TPSA) is 134 Å². The second-order valence-corrected chi connectivity index (χ2v) is 14.0. The summed E-state index contributed by atoms with van der Waals surface area (Å²) in [5, 5.41) is 17.4. The lowest BCUT2D eigenvalue weighted by Gasteiger charge is -2.33. The molecule has 11 heteroatoms. The molecule has 3 atom stereocenters. The first-order valence-corrected chi connectivity index (χ1v) is 16.2. The molecule has 1 aliphatic rings. The van der Waals surface area contributed by atoms with E-state index in [4.69, 9.17) is 22.1 Å². The van der Waals surface area contributed by atoms with Crippen molar-refractivity contribution in [1.29, 1.82) is 0 Å². The van der Waals surface area contributed by atoms with Gasteiger partial charge in [-0.05, 0) is 82.0 Å². The minimum atomic E-state index is -1.67. The third kappa shape index (κ3) is 8.31. The maximum Gasteiger partial charge on any atom is 0.254 e. The van der Waals surface area contributed by atoms with Crippen molar-refractivity contribution in [1.82, 2.24) is 15.5 Å². The first-order chi connectivity index (χ1) is 21.3. The molecule has 3 aromatic rings. The molecular weight excluding hydrogens is 612 g/mol. The number of nitrogens with one attached hydrogen (secondary N) is 2. The van der Waals surface area contributed by atoms with Crippen LogP contribution >= 0.6 is 23.4 Å². The smallest absolute Gasteiger partial charge is 0.254 e. The molecule has 5 N–H and O–H groups in total. The number of amides is 3. The summed E-state index contributed by atoms with van der Waals surface area (Å²) in [6, 6.07) is 17.8. The Hall–Kier alpha value is -3.73. The van der Waals surface area contributed by atoms with E-state index in [-0.39, 0.29) is 40.6 Å². The summed E-state index contributed by atoms with van der Waals surface area (Å²) in [6.07, 6.45) is -1.55. The summed E-state index contributed by atoms with van der Waals surface area (Å²) >= 11 is 7.77. The average Bonchev–Trinajstić information content (AvgIpc) is 3.32. The molecule has 1 aliphatic heterocycles. The quantitative estimate of drug-likeness (QED) is 0.220. The van der Waals surface area contributed by atoms with Crippen LogP contribution in [-0.2, 0) is 22.6 Å². The SMILES string of the molecule is Cc1ccccc1CNC(=O)[C@H]1N(C(=O)[C@@H](O)[C@H](Cc2ccc(OC(C)C)cc2)NC(=O)c2cccc(N)c2Cl)CSC1(C)C. The number of benzene rings is 3. The minimum Gasteiger partial charge on any atom is -0.491 e.